The first-order valence-corrected chi connectivity index (χ1v) is 4.68. The van der Waals surface area contributed by atoms with Crippen LogP contribution in [0.2, 0.25) is 0 Å². The number of alkyl halides is 3. The molecule has 17 heavy (non-hydrogen) atoms. The van der Waals surface area contributed by atoms with Crippen LogP contribution in [0.1, 0.15) is 11.6 Å². The van der Waals surface area contributed by atoms with E-state index in [0.717, 1.165) is 0 Å². The van der Waals surface area contributed by atoms with E-state index in [-0.39, 0.29) is 11.3 Å². The Balaban J connectivity index is 3.25. The summed E-state index contributed by atoms with van der Waals surface area (Å²) in [6, 6.07) is 2.13. The Kier molecular flexibility index (Phi) is 4.19. The molecule has 1 aromatic rings. The number of rotatable bonds is 4. The SMILES string of the molecule is COc1ccc(OC)c(C(NN)C(F)(F)F)c1. The fourth-order valence-corrected chi connectivity index (χ4v) is 1.43. The molecule has 0 amide bonds. The van der Waals surface area contributed by atoms with Crippen LogP contribution in [0.3, 0.4) is 0 Å². The molecule has 4 nitrogen and oxygen atoms in total. The van der Waals surface area contributed by atoms with E-state index in [1.807, 2.05) is 0 Å². The van der Waals surface area contributed by atoms with E-state index in [9.17, 15) is 13.2 Å². The van der Waals surface area contributed by atoms with Gasteiger partial charge in [0.2, 0.25) is 0 Å². The van der Waals surface area contributed by atoms with Gasteiger partial charge in [-0.05, 0) is 18.2 Å². The van der Waals surface area contributed by atoms with Gasteiger partial charge >= 0.3 is 6.18 Å². The van der Waals surface area contributed by atoms with E-state index in [1.54, 1.807) is 5.43 Å². The van der Waals surface area contributed by atoms with E-state index >= 15 is 0 Å². The molecule has 0 saturated carbocycles. The lowest BCUT2D eigenvalue weighted by Crippen LogP contribution is -2.38. The highest BCUT2D eigenvalue weighted by molar-refractivity contribution is 5.42. The molecule has 0 aliphatic heterocycles. The summed E-state index contributed by atoms with van der Waals surface area (Å²) in [4.78, 5) is 0. The molecule has 0 aliphatic rings. The van der Waals surface area contributed by atoms with Crippen LogP contribution in [0.25, 0.3) is 0 Å². The molecule has 1 rings (SSSR count). The lowest BCUT2D eigenvalue weighted by molar-refractivity contribution is -0.158. The van der Waals surface area contributed by atoms with Crippen LogP contribution in [0.4, 0.5) is 13.2 Å². The highest BCUT2D eigenvalue weighted by atomic mass is 19.4. The highest BCUT2D eigenvalue weighted by Crippen LogP contribution is 2.38. The first-order chi connectivity index (χ1) is 7.93. The number of nitrogens with two attached hydrogens (primary N) is 1. The number of ether oxygens (including phenoxy) is 2. The minimum absolute atomic E-state index is 0.0890. The minimum atomic E-state index is -4.52. The molecule has 0 heterocycles. The highest BCUT2D eigenvalue weighted by Gasteiger charge is 2.41. The molecule has 0 bridgehead atoms. The number of hydrazine groups is 1. The van der Waals surface area contributed by atoms with Gasteiger partial charge in [-0.15, -0.1) is 0 Å². The number of hydrogen-bond acceptors (Lipinski definition) is 4. The average Bonchev–Trinajstić information content (AvgIpc) is 2.28. The zero-order chi connectivity index (χ0) is 13.1. The van der Waals surface area contributed by atoms with Crippen molar-refractivity contribution in [3.8, 4) is 11.5 Å². The zero-order valence-electron chi connectivity index (χ0n) is 9.34. The van der Waals surface area contributed by atoms with Gasteiger partial charge in [-0.3, -0.25) is 5.84 Å². The van der Waals surface area contributed by atoms with Gasteiger partial charge in [0.05, 0.1) is 14.2 Å². The maximum atomic E-state index is 12.7. The summed E-state index contributed by atoms with van der Waals surface area (Å²) in [5, 5.41) is 0. The van der Waals surface area contributed by atoms with Gasteiger partial charge in [0, 0.05) is 5.56 Å². The second-order valence-electron chi connectivity index (χ2n) is 3.25. The predicted octanol–water partition coefficient (Wildman–Crippen LogP) is 1.77. The van der Waals surface area contributed by atoms with Crippen LogP contribution in [0, 0.1) is 0 Å². The summed E-state index contributed by atoms with van der Waals surface area (Å²) in [6.07, 6.45) is -4.52. The van der Waals surface area contributed by atoms with Gasteiger partial charge in [0.25, 0.3) is 0 Å². The molecular weight excluding hydrogens is 237 g/mol. The van der Waals surface area contributed by atoms with Crippen molar-refractivity contribution in [3.05, 3.63) is 23.8 Å². The van der Waals surface area contributed by atoms with Crippen LogP contribution < -0.4 is 20.7 Å². The van der Waals surface area contributed by atoms with Crippen LogP contribution >= 0.6 is 0 Å². The number of nitrogens with one attached hydrogen (secondary N) is 1. The molecule has 0 radical (unpaired) electrons. The van der Waals surface area contributed by atoms with Gasteiger partial charge in [0.15, 0.2) is 0 Å². The zero-order valence-corrected chi connectivity index (χ0v) is 9.34. The fraction of sp³-hybridized carbons (Fsp3) is 0.400. The molecular formula is C10H13F3N2O2. The minimum Gasteiger partial charge on any atom is -0.497 e. The second-order valence-corrected chi connectivity index (χ2v) is 3.25. The van der Waals surface area contributed by atoms with E-state index in [2.05, 4.69) is 0 Å². The van der Waals surface area contributed by atoms with Gasteiger partial charge in [-0.25, -0.2) is 5.43 Å². The third-order valence-corrected chi connectivity index (χ3v) is 2.24. The topological polar surface area (TPSA) is 56.5 Å². The summed E-state index contributed by atoms with van der Waals surface area (Å²) in [5.74, 6) is 5.33. The maximum absolute atomic E-state index is 12.7. The maximum Gasteiger partial charge on any atom is 0.409 e. The van der Waals surface area contributed by atoms with Gasteiger partial charge in [-0.2, -0.15) is 13.2 Å². The molecule has 0 fully saturated rings. The number of hydrogen-bond donors (Lipinski definition) is 2. The summed E-state index contributed by atoms with van der Waals surface area (Å²) >= 11 is 0. The Morgan fingerprint density at radius 3 is 2.29 bits per heavy atom. The van der Waals surface area contributed by atoms with E-state index < -0.39 is 12.2 Å². The predicted molar refractivity (Wildman–Crippen MR) is 55.7 cm³/mol. The lowest BCUT2D eigenvalue weighted by Gasteiger charge is -2.22. The largest absolute Gasteiger partial charge is 0.497 e. The van der Waals surface area contributed by atoms with Gasteiger partial charge in [-0.1, -0.05) is 0 Å². The van der Waals surface area contributed by atoms with E-state index in [0.29, 0.717) is 5.75 Å². The van der Waals surface area contributed by atoms with Crippen molar-refractivity contribution < 1.29 is 22.6 Å². The number of benzene rings is 1. The lowest BCUT2D eigenvalue weighted by atomic mass is 10.1. The van der Waals surface area contributed by atoms with Crippen molar-refractivity contribution in [1.29, 1.82) is 0 Å². The molecule has 3 N–H and O–H groups in total. The Hall–Kier alpha value is -1.47. The van der Waals surface area contributed by atoms with Crippen LogP contribution in [-0.4, -0.2) is 20.4 Å². The third kappa shape index (κ3) is 3.01. The van der Waals surface area contributed by atoms with Crippen LogP contribution in [0.5, 0.6) is 11.5 Å². The molecule has 0 aromatic heterocycles. The molecule has 1 unspecified atom stereocenters. The molecule has 7 heteroatoms. The molecule has 96 valence electrons. The van der Waals surface area contributed by atoms with Crippen LogP contribution in [0.15, 0.2) is 18.2 Å². The second kappa shape index (κ2) is 5.24. The monoisotopic (exact) mass is 250 g/mol. The normalized spacial score (nSPS) is 13.3. The van der Waals surface area contributed by atoms with E-state index in [1.165, 1.54) is 32.4 Å². The summed E-state index contributed by atoms with van der Waals surface area (Å²) < 4.78 is 47.9. The molecule has 1 aromatic carbocycles. The number of halogens is 3. The van der Waals surface area contributed by atoms with Crippen molar-refractivity contribution in [3.63, 3.8) is 0 Å². The molecule has 0 spiro atoms. The molecule has 1 atom stereocenters. The summed E-state index contributed by atoms with van der Waals surface area (Å²) in [5.41, 5.74) is 1.60. The summed E-state index contributed by atoms with van der Waals surface area (Å²) in [6.45, 7) is 0. The summed E-state index contributed by atoms with van der Waals surface area (Å²) in [7, 11) is 2.65. The standard InChI is InChI=1S/C10H13F3N2O2/c1-16-6-3-4-8(17-2)7(5-6)9(15-14)10(11,12)13/h3-5,9,15H,14H2,1-2H3. The van der Waals surface area contributed by atoms with Gasteiger partial charge in [0.1, 0.15) is 17.5 Å². The Morgan fingerprint density at radius 1 is 1.24 bits per heavy atom. The number of methoxy groups -OCH3 is 2. The molecule has 0 aliphatic carbocycles. The Morgan fingerprint density at radius 2 is 1.88 bits per heavy atom. The Labute approximate surface area is 96.5 Å². The first kappa shape index (κ1) is 13.6. The first-order valence-electron chi connectivity index (χ1n) is 4.68. The fourth-order valence-electron chi connectivity index (χ4n) is 1.43. The van der Waals surface area contributed by atoms with Crippen molar-refractivity contribution in [2.45, 2.75) is 12.2 Å². The average molecular weight is 250 g/mol. The van der Waals surface area contributed by atoms with E-state index in [4.69, 9.17) is 15.3 Å². The smallest absolute Gasteiger partial charge is 0.409 e. The molecule has 0 saturated heterocycles. The van der Waals surface area contributed by atoms with Gasteiger partial charge < -0.3 is 9.47 Å². The van der Waals surface area contributed by atoms with Crippen molar-refractivity contribution in [2.75, 3.05) is 14.2 Å². The van der Waals surface area contributed by atoms with Crippen molar-refractivity contribution >= 4 is 0 Å². The van der Waals surface area contributed by atoms with Crippen LogP contribution in [-0.2, 0) is 0 Å². The Bertz CT molecular complexity index is 382. The van der Waals surface area contributed by atoms with Crippen molar-refractivity contribution in [1.82, 2.24) is 5.43 Å². The quantitative estimate of drug-likeness (QED) is 0.631. The third-order valence-electron chi connectivity index (χ3n) is 2.24. The van der Waals surface area contributed by atoms with Crippen molar-refractivity contribution in [2.24, 2.45) is 5.84 Å².